The zero-order valence-electron chi connectivity index (χ0n) is 52.5. The standard InChI is InChI=1S/C72H132O6/c1-4-7-10-13-16-19-22-25-28-31-33-34-35-36-37-38-40-41-44-47-50-53-56-59-62-65-71(74)77-68-69(67-76-70(73)64-61-58-55-52-49-46-43-30-27-24-21-18-15-12-9-6-3)78-72(75)66-63-60-57-54-51-48-45-42-39-32-29-26-23-20-17-14-11-8-5-2/h21-22,24-25,30-31,33,43,69H,4-20,23,26-29,32,34-42,44-68H2,1-3H3/b24-21-,25-22-,33-31-,43-30-. The molecule has 0 aliphatic heterocycles. The summed E-state index contributed by atoms with van der Waals surface area (Å²) in [4.78, 5) is 38.4. The van der Waals surface area contributed by atoms with Crippen molar-refractivity contribution in [3.63, 3.8) is 0 Å². The molecule has 0 fully saturated rings. The van der Waals surface area contributed by atoms with E-state index in [2.05, 4.69) is 69.4 Å². The lowest BCUT2D eigenvalue weighted by Gasteiger charge is -2.18. The fourth-order valence-corrected chi connectivity index (χ4v) is 10.3. The van der Waals surface area contributed by atoms with Crippen LogP contribution in [0.2, 0.25) is 0 Å². The molecule has 0 bridgehead atoms. The second kappa shape index (κ2) is 66.9. The minimum atomic E-state index is -0.778. The van der Waals surface area contributed by atoms with E-state index in [1.807, 2.05) is 0 Å². The van der Waals surface area contributed by atoms with Crippen LogP contribution in [0.4, 0.5) is 0 Å². The second-order valence-electron chi connectivity index (χ2n) is 23.4. The predicted octanol–water partition coefficient (Wildman–Crippen LogP) is 23.7. The van der Waals surface area contributed by atoms with E-state index >= 15 is 0 Å². The van der Waals surface area contributed by atoms with Gasteiger partial charge in [-0.1, -0.05) is 320 Å². The summed E-state index contributed by atoms with van der Waals surface area (Å²) >= 11 is 0. The van der Waals surface area contributed by atoms with Gasteiger partial charge in [0.1, 0.15) is 13.2 Å². The fourth-order valence-electron chi connectivity index (χ4n) is 10.3. The number of esters is 3. The van der Waals surface area contributed by atoms with Gasteiger partial charge in [-0.15, -0.1) is 0 Å². The normalized spacial score (nSPS) is 12.3. The molecule has 0 heterocycles. The van der Waals surface area contributed by atoms with Crippen LogP contribution >= 0.6 is 0 Å². The van der Waals surface area contributed by atoms with Crippen molar-refractivity contribution >= 4 is 17.9 Å². The maximum absolute atomic E-state index is 12.9. The van der Waals surface area contributed by atoms with Crippen molar-refractivity contribution in [1.82, 2.24) is 0 Å². The summed E-state index contributed by atoms with van der Waals surface area (Å²) in [6.45, 7) is 6.67. The molecule has 0 saturated carbocycles. The quantitative estimate of drug-likeness (QED) is 0.0261. The van der Waals surface area contributed by atoms with Crippen LogP contribution < -0.4 is 0 Å². The molecule has 6 heteroatoms. The van der Waals surface area contributed by atoms with Gasteiger partial charge in [-0.25, -0.2) is 0 Å². The molecule has 0 amide bonds. The van der Waals surface area contributed by atoms with Gasteiger partial charge in [0, 0.05) is 19.3 Å². The summed E-state index contributed by atoms with van der Waals surface area (Å²) in [6, 6.07) is 0. The highest BCUT2D eigenvalue weighted by atomic mass is 16.6. The van der Waals surface area contributed by atoms with Crippen LogP contribution in [0.25, 0.3) is 0 Å². The molecule has 0 aliphatic carbocycles. The molecule has 0 radical (unpaired) electrons. The third kappa shape index (κ3) is 64.2. The average molecular weight is 1090 g/mol. The molecule has 0 aliphatic rings. The highest BCUT2D eigenvalue weighted by Crippen LogP contribution is 2.18. The Morgan fingerprint density at radius 3 is 0.718 bits per heavy atom. The van der Waals surface area contributed by atoms with Gasteiger partial charge in [0.2, 0.25) is 0 Å². The zero-order valence-corrected chi connectivity index (χ0v) is 52.5. The van der Waals surface area contributed by atoms with E-state index in [9.17, 15) is 14.4 Å². The predicted molar refractivity (Wildman–Crippen MR) is 339 cm³/mol. The van der Waals surface area contributed by atoms with Crippen molar-refractivity contribution in [2.45, 2.75) is 380 Å². The van der Waals surface area contributed by atoms with Crippen LogP contribution in [0.3, 0.4) is 0 Å². The number of hydrogen-bond acceptors (Lipinski definition) is 6. The van der Waals surface area contributed by atoms with Crippen molar-refractivity contribution in [3.05, 3.63) is 48.6 Å². The molecule has 1 unspecified atom stereocenters. The molecule has 0 aromatic heterocycles. The van der Waals surface area contributed by atoms with Crippen molar-refractivity contribution < 1.29 is 28.6 Å². The number of unbranched alkanes of at least 4 members (excludes halogenated alkanes) is 45. The molecular weight excluding hydrogens is 961 g/mol. The van der Waals surface area contributed by atoms with Crippen molar-refractivity contribution in [3.8, 4) is 0 Å². The van der Waals surface area contributed by atoms with Crippen LogP contribution in [0.5, 0.6) is 0 Å². The Bertz CT molecular complexity index is 1350. The van der Waals surface area contributed by atoms with E-state index in [1.165, 1.54) is 250 Å². The first-order chi connectivity index (χ1) is 38.5. The number of allylic oxidation sites excluding steroid dienone is 8. The summed E-state index contributed by atoms with van der Waals surface area (Å²) in [5.74, 6) is -0.862. The Balaban J connectivity index is 4.30. The first kappa shape index (κ1) is 75.4. The summed E-state index contributed by atoms with van der Waals surface area (Å²) in [5.41, 5.74) is 0. The highest BCUT2D eigenvalue weighted by Gasteiger charge is 2.19. The lowest BCUT2D eigenvalue weighted by Crippen LogP contribution is -2.30. The van der Waals surface area contributed by atoms with Gasteiger partial charge >= 0.3 is 17.9 Å². The van der Waals surface area contributed by atoms with Gasteiger partial charge in [0.15, 0.2) is 6.10 Å². The smallest absolute Gasteiger partial charge is 0.306 e. The maximum atomic E-state index is 12.9. The highest BCUT2D eigenvalue weighted by molar-refractivity contribution is 5.71. The molecule has 0 spiro atoms. The first-order valence-corrected chi connectivity index (χ1v) is 34.6. The molecule has 0 N–H and O–H groups in total. The Morgan fingerprint density at radius 2 is 0.462 bits per heavy atom. The third-order valence-electron chi connectivity index (χ3n) is 15.6. The molecule has 0 saturated heterocycles. The van der Waals surface area contributed by atoms with E-state index in [0.29, 0.717) is 19.3 Å². The Hall–Kier alpha value is -2.63. The van der Waals surface area contributed by atoms with E-state index in [-0.39, 0.29) is 31.1 Å². The summed E-state index contributed by atoms with van der Waals surface area (Å²) in [5, 5.41) is 0. The van der Waals surface area contributed by atoms with Crippen molar-refractivity contribution in [2.75, 3.05) is 13.2 Å². The zero-order chi connectivity index (χ0) is 56.4. The van der Waals surface area contributed by atoms with Gasteiger partial charge in [0.25, 0.3) is 0 Å². The Labute approximate surface area is 486 Å². The molecular formula is C72H132O6. The molecule has 1 atom stereocenters. The van der Waals surface area contributed by atoms with E-state index in [0.717, 1.165) is 83.5 Å². The topological polar surface area (TPSA) is 78.9 Å². The molecule has 0 aromatic carbocycles. The van der Waals surface area contributed by atoms with Gasteiger partial charge in [-0.05, 0) is 83.5 Å². The van der Waals surface area contributed by atoms with Crippen LogP contribution in [0.15, 0.2) is 48.6 Å². The largest absolute Gasteiger partial charge is 0.462 e. The van der Waals surface area contributed by atoms with E-state index < -0.39 is 6.10 Å². The van der Waals surface area contributed by atoms with Gasteiger partial charge in [-0.3, -0.25) is 14.4 Å². The SMILES string of the molecule is CCCCCC/C=C\C/C=C\CCCCCCCC(=O)OCC(COC(=O)CCCCCCCCCCCCCCC/C=C\C/C=C\CCCCCCC)OC(=O)CCCCCCCCCCCCCCCCCCCCC. The van der Waals surface area contributed by atoms with E-state index in [4.69, 9.17) is 14.2 Å². The maximum Gasteiger partial charge on any atom is 0.306 e. The summed E-state index contributed by atoms with van der Waals surface area (Å²) in [6.07, 6.45) is 84.1. The number of hydrogen-bond donors (Lipinski definition) is 0. The second-order valence-corrected chi connectivity index (χ2v) is 23.4. The van der Waals surface area contributed by atoms with Gasteiger partial charge < -0.3 is 14.2 Å². The monoisotopic (exact) mass is 1090 g/mol. The first-order valence-electron chi connectivity index (χ1n) is 34.6. The third-order valence-corrected chi connectivity index (χ3v) is 15.6. The van der Waals surface area contributed by atoms with E-state index in [1.54, 1.807) is 0 Å². The molecule has 78 heavy (non-hydrogen) atoms. The van der Waals surface area contributed by atoms with Crippen LogP contribution in [0.1, 0.15) is 374 Å². The Morgan fingerprint density at radius 1 is 0.256 bits per heavy atom. The van der Waals surface area contributed by atoms with Crippen molar-refractivity contribution in [2.24, 2.45) is 0 Å². The average Bonchev–Trinajstić information content (AvgIpc) is 3.44. The lowest BCUT2D eigenvalue weighted by atomic mass is 10.0. The van der Waals surface area contributed by atoms with Crippen LogP contribution in [0, 0.1) is 0 Å². The minimum Gasteiger partial charge on any atom is -0.462 e. The Kier molecular flexibility index (Phi) is 64.6. The molecule has 0 aromatic rings. The fraction of sp³-hybridized carbons (Fsp3) is 0.847. The summed E-state index contributed by atoms with van der Waals surface area (Å²) in [7, 11) is 0. The number of rotatable bonds is 64. The number of ether oxygens (including phenoxy) is 3. The number of carbonyl (C=O) groups is 3. The van der Waals surface area contributed by atoms with Crippen LogP contribution in [-0.2, 0) is 28.6 Å². The summed E-state index contributed by atoms with van der Waals surface area (Å²) < 4.78 is 17.0. The van der Waals surface area contributed by atoms with Gasteiger partial charge in [0.05, 0.1) is 0 Å². The lowest BCUT2D eigenvalue weighted by molar-refractivity contribution is -0.167. The molecule has 0 rings (SSSR count). The molecule has 6 nitrogen and oxygen atoms in total. The van der Waals surface area contributed by atoms with Crippen molar-refractivity contribution in [1.29, 1.82) is 0 Å². The molecule has 456 valence electrons. The number of carbonyl (C=O) groups excluding carboxylic acids is 3. The van der Waals surface area contributed by atoms with Gasteiger partial charge in [-0.2, -0.15) is 0 Å². The van der Waals surface area contributed by atoms with Crippen LogP contribution in [-0.4, -0.2) is 37.2 Å². The minimum absolute atomic E-state index is 0.0738.